The van der Waals surface area contributed by atoms with E-state index in [0.29, 0.717) is 24.1 Å². The van der Waals surface area contributed by atoms with Gasteiger partial charge in [-0.3, -0.25) is 4.79 Å². The van der Waals surface area contributed by atoms with E-state index in [2.05, 4.69) is 9.97 Å². The molecule has 0 aromatic carbocycles. The summed E-state index contributed by atoms with van der Waals surface area (Å²) >= 11 is 0. The third kappa shape index (κ3) is 1.68. The van der Waals surface area contributed by atoms with Crippen molar-refractivity contribution in [3.8, 4) is 0 Å². The minimum atomic E-state index is 0.0497. The Kier molecular flexibility index (Phi) is 2.40. The predicted molar refractivity (Wildman–Crippen MR) is 65.3 cm³/mol. The molecule has 0 aliphatic heterocycles. The second-order valence-electron chi connectivity index (χ2n) is 4.53. The lowest BCUT2D eigenvalue weighted by atomic mass is 9.84. The number of nitrogens with zero attached hydrogens (tertiary/aromatic N) is 2. The Labute approximate surface area is 104 Å². The molecule has 1 aliphatic rings. The molecule has 2 N–H and O–H groups in total. The number of nitrogen functional groups attached to an aromatic ring is 1. The number of aryl methyl sites for hydroxylation is 1. The van der Waals surface area contributed by atoms with Gasteiger partial charge in [0.2, 0.25) is 5.95 Å². The van der Waals surface area contributed by atoms with E-state index < -0.39 is 0 Å². The average Bonchev–Trinajstić information content (AvgIpc) is 2.80. The Bertz CT molecular complexity index is 605. The van der Waals surface area contributed by atoms with Crippen LogP contribution in [0.25, 0.3) is 0 Å². The van der Waals surface area contributed by atoms with Gasteiger partial charge in [-0.1, -0.05) is 0 Å². The van der Waals surface area contributed by atoms with E-state index in [4.69, 9.17) is 10.2 Å². The van der Waals surface area contributed by atoms with Crippen molar-refractivity contribution in [1.29, 1.82) is 0 Å². The van der Waals surface area contributed by atoms with Gasteiger partial charge >= 0.3 is 0 Å². The van der Waals surface area contributed by atoms with Crippen LogP contribution in [-0.4, -0.2) is 15.8 Å². The van der Waals surface area contributed by atoms with Crippen LogP contribution < -0.4 is 5.73 Å². The van der Waals surface area contributed by atoms with Crippen LogP contribution in [0.1, 0.15) is 39.8 Å². The lowest BCUT2D eigenvalue weighted by Crippen LogP contribution is -2.22. The van der Waals surface area contributed by atoms with Gasteiger partial charge in [0.05, 0.1) is 23.2 Å². The van der Waals surface area contributed by atoms with Crippen LogP contribution in [0.2, 0.25) is 0 Å². The molecule has 5 nitrogen and oxygen atoms in total. The lowest BCUT2D eigenvalue weighted by Gasteiger charge is -2.22. The fourth-order valence-corrected chi connectivity index (χ4v) is 2.52. The molecule has 0 amide bonds. The minimum Gasteiger partial charge on any atom is -0.469 e. The molecular formula is C13H13N3O2. The minimum absolute atomic E-state index is 0.0497. The monoisotopic (exact) mass is 243 g/mol. The molecule has 5 heteroatoms. The van der Waals surface area contributed by atoms with Gasteiger partial charge in [0.15, 0.2) is 5.78 Å². The van der Waals surface area contributed by atoms with E-state index in [9.17, 15) is 4.79 Å². The van der Waals surface area contributed by atoms with Crippen LogP contribution in [-0.2, 0) is 6.42 Å². The molecule has 2 aromatic heterocycles. The van der Waals surface area contributed by atoms with Crippen LogP contribution in [0.4, 0.5) is 5.95 Å². The van der Waals surface area contributed by atoms with Crippen LogP contribution in [0.3, 0.4) is 0 Å². The Morgan fingerprint density at radius 2 is 2.22 bits per heavy atom. The molecule has 0 fully saturated rings. The van der Waals surface area contributed by atoms with Crippen LogP contribution in [0.15, 0.2) is 22.8 Å². The molecule has 2 aromatic rings. The largest absolute Gasteiger partial charge is 0.469 e. The molecule has 92 valence electrons. The van der Waals surface area contributed by atoms with Crippen molar-refractivity contribution in [3.05, 3.63) is 41.1 Å². The van der Waals surface area contributed by atoms with Crippen LogP contribution in [0, 0.1) is 6.92 Å². The predicted octanol–water partition coefficient (Wildman–Crippen LogP) is 1.87. The van der Waals surface area contributed by atoms with Crippen molar-refractivity contribution < 1.29 is 9.21 Å². The lowest BCUT2D eigenvalue weighted by molar-refractivity contribution is 0.0958. The molecule has 18 heavy (non-hydrogen) atoms. The van der Waals surface area contributed by atoms with Gasteiger partial charge in [0.1, 0.15) is 5.76 Å². The van der Waals surface area contributed by atoms with Crippen LogP contribution >= 0.6 is 0 Å². The average molecular weight is 243 g/mol. The van der Waals surface area contributed by atoms with Gasteiger partial charge in [-0.25, -0.2) is 9.97 Å². The zero-order valence-corrected chi connectivity index (χ0v) is 10.0. The third-order valence-electron chi connectivity index (χ3n) is 3.28. The summed E-state index contributed by atoms with van der Waals surface area (Å²) in [6.07, 6.45) is 2.73. The highest BCUT2D eigenvalue weighted by atomic mass is 16.3. The summed E-state index contributed by atoms with van der Waals surface area (Å²) in [5.41, 5.74) is 7.67. The van der Waals surface area contributed by atoms with Crippen molar-refractivity contribution in [2.45, 2.75) is 25.7 Å². The summed E-state index contributed by atoms with van der Waals surface area (Å²) in [7, 11) is 0. The van der Waals surface area contributed by atoms with E-state index in [1.807, 2.05) is 12.1 Å². The van der Waals surface area contributed by atoms with Crippen LogP contribution in [0.5, 0.6) is 0 Å². The first-order valence-corrected chi connectivity index (χ1v) is 5.84. The number of carbonyl (C=O) groups is 1. The standard InChI is InChI=1S/C13H13N3O2/c1-7-12-9(16-13(14)15-7)5-8(6-10(12)17)11-3-2-4-18-11/h2-4,8H,5-6H2,1H3,(H2,14,15,16)/t8-/m1/s1. The van der Waals surface area contributed by atoms with Gasteiger partial charge in [-0.15, -0.1) is 0 Å². The van der Waals surface area contributed by atoms with E-state index in [0.717, 1.165) is 11.5 Å². The number of nitrogens with two attached hydrogens (primary N) is 1. The SMILES string of the molecule is Cc1nc(N)nc2c1C(=O)C[C@H](c1ccco1)C2. The summed E-state index contributed by atoms with van der Waals surface area (Å²) in [5, 5.41) is 0. The summed E-state index contributed by atoms with van der Waals surface area (Å²) in [6, 6.07) is 3.72. The number of furan rings is 1. The highest BCUT2D eigenvalue weighted by Gasteiger charge is 2.30. The van der Waals surface area contributed by atoms with E-state index in [-0.39, 0.29) is 17.6 Å². The Balaban J connectivity index is 2.04. The molecule has 0 bridgehead atoms. The number of anilines is 1. The fraction of sp³-hybridized carbons (Fsp3) is 0.308. The number of carbonyl (C=O) groups excluding carboxylic acids is 1. The molecule has 0 unspecified atom stereocenters. The zero-order valence-electron chi connectivity index (χ0n) is 10.0. The number of aromatic nitrogens is 2. The number of Topliss-reactive ketones (excluding diaryl/α,β-unsaturated/α-hetero) is 1. The molecular weight excluding hydrogens is 230 g/mol. The van der Waals surface area contributed by atoms with Crippen molar-refractivity contribution >= 4 is 11.7 Å². The Hall–Kier alpha value is -2.17. The van der Waals surface area contributed by atoms with E-state index >= 15 is 0 Å². The van der Waals surface area contributed by atoms with E-state index in [1.165, 1.54) is 0 Å². The van der Waals surface area contributed by atoms with Crippen molar-refractivity contribution in [2.24, 2.45) is 0 Å². The summed E-state index contributed by atoms with van der Waals surface area (Å²) < 4.78 is 5.37. The van der Waals surface area contributed by atoms with Gasteiger partial charge in [-0.05, 0) is 19.1 Å². The maximum atomic E-state index is 12.2. The fourth-order valence-electron chi connectivity index (χ4n) is 2.52. The van der Waals surface area contributed by atoms with Gasteiger partial charge in [0, 0.05) is 18.8 Å². The summed E-state index contributed by atoms with van der Waals surface area (Å²) in [5.74, 6) is 1.16. The van der Waals surface area contributed by atoms with Gasteiger partial charge < -0.3 is 10.2 Å². The highest BCUT2D eigenvalue weighted by molar-refractivity contribution is 5.99. The number of rotatable bonds is 1. The Morgan fingerprint density at radius 3 is 2.94 bits per heavy atom. The molecule has 1 atom stereocenters. The molecule has 3 rings (SSSR count). The summed E-state index contributed by atoms with van der Waals surface area (Å²) in [6.45, 7) is 1.79. The smallest absolute Gasteiger partial charge is 0.220 e. The topological polar surface area (TPSA) is 82.0 Å². The highest BCUT2D eigenvalue weighted by Crippen LogP contribution is 2.33. The summed E-state index contributed by atoms with van der Waals surface area (Å²) in [4.78, 5) is 20.4. The van der Waals surface area contributed by atoms with E-state index in [1.54, 1.807) is 13.2 Å². The first kappa shape index (κ1) is 11.0. The van der Waals surface area contributed by atoms with Gasteiger partial charge in [-0.2, -0.15) is 0 Å². The molecule has 1 aliphatic carbocycles. The molecule has 0 radical (unpaired) electrons. The molecule has 2 heterocycles. The molecule has 0 saturated heterocycles. The first-order valence-electron chi connectivity index (χ1n) is 5.84. The molecule has 0 spiro atoms. The van der Waals surface area contributed by atoms with Gasteiger partial charge in [0.25, 0.3) is 0 Å². The number of fused-ring (bicyclic) bond motifs is 1. The van der Waals surface area contributed by atoms with Crippen molar-refractivity contribution in [2.75, 3.05) is 5.73 Å². The molecule has 0 saturated carbocycles. The second-order valence-corrected chi connectivity index (χ2v) is 4.53. The quantitative estimate of drug-likeness (QED) is 0.826. The van der Waals surface area contributed by atoms with Crippen molar-refractivity contribution in [3.63, 3.8) is 0 Å². The second kappa shape index (κ2) is 3.94. The van der Waals surface area contributed by atoms with Crippen molar-refractivity contribution in [1.82, 2.24) is 9.97 Å². The number of hydrogen-bond acceptors (Lipinski definition) is 5. The number of hydrogen-bond donors (Lipinski definition) is 1. The Morgan fingerprint density at radius 1 is 1.39 bits per heavy atom. The first-order chi connectivity index (χ1) is 8.65. The normalized spacial score (nSPS) is 18.7. The third-order valence-corrected chi connectivity index (χ3v) is 3.28. The zero-order chi connectivity index (χ0) is 12.7. The maximum Gasteiger partial charge on any atom is 0.220 e. The number of ketones is 1. The maximum absolute atomic E-state index is 12.2.